The fraction of sp³-hybridized carbons (Fsp3) is 0.583. The highest BCUT2D eigenvalue weighted by molar-refractivity contribution is 7.18. The second-order valence-corrected chi connectivity index (χ2v) is 5.18. The predicted molar refractivity (Wildman–Crippen MR) is 66.7 cm³/mol. The molecule has 0 amide bonds. The Morgan fingerprint density at radius 3 is 2.67 bits per heavy atom. The van der Waals surface area contributed by atoms with E-state index < -0.39 is 0 Å². The van der Waals surface area contributed by atoms with E-state index in [-0.39, 0.29) is 0 Å². The van der Waals surface area contributed by atoms with Crippen molar-refractivity contribution in [2.75, 3.05) is 0 Å². The number of rotatable bonds is 3. The van der Waals surface area contributed by atoms with Crippen molar-refractivity contribution >= 4 is 21.7 Å². The van der Waals surface area contributed by atoms with Crippen molar-refractivity contribution in [1.29, 1.82) is 0 Å². The quantitative estimate of drug-likeness (QED) is 0.777. The number of aryl methyl sites for hydroxylation is 3. The van der Waals surface area contributed by atoms with Gasteiger partial charge in [-0.05, 0) is 25.3 Å². The van der Waals surface area contributed by atoms with E-state index in [0.717, 1.165) is 6.42 Å². The van der Waals surface area contributed by atoms with Crippen LogP contribution >= 0.6 is 11.3 Å². The summed E-state index contributed by atoms with van der Waals surface area (Å²) in [5, 5.41) is 1.17. The molecule has 2 nitrogen and oxygen atoms in total. The van der Waals surface area contributed by atoms with Gasteiger partial charge >= 0.3 is 0 Å². The molecule has 82 valence electrons. The Bertz CT molecular complexity index is 479. The summed E-state index contributed by atoms with van der Waals surface area (Å²) in [6.45, 7) is 6.56. The maximum Gasteiger partial charge on any atom is 0.151 e. The minimum atomic E-state index is 1.12. The maximum atomic E-state index is 4.61. The fourth-order valence-corrected chi connectivity index (χ4v) is 3.31. The summed E-state index contributed by atoms with van der Waals surface area (Å²) in [4.78, 5) is 4.61. The molecular weight excluding hydrogens is 204 g/mol. The minimum Gasteiger partial charge on any atom is -0.332 e. The lowest BCUT2D eigenvalue weighted by atomic mass is 10.1. The third-order valence-electron chi connectivity index (χ3n) is 2.90. The van der Waals surface area contributed by atoms with Crippen LogP contribution in [0.3, 0.4) is 0 Å². The van der Waals surface area contributed by atoms with Crippen LogP contribution in [-0.2, 0) is 19.9 Å². The summed E-state index contributed by atoms with van der Waals surface area (Å²) in [5.74, 6) is 0. The molecule has 0 aliphatic heterocycles. The van der Waals surface area contributed by atoms with Crippen molar-refractivity contribution in [3.63, 3.8) is 0 Å². The molecule has 15 heavy (non-hydrogen) atoms. The molecule has 2 rings (SSSR count). The van der Waals surface area contributed by atoms with Crippen LogP contribution in [0, 0.1) is 6.92 Å². The zero-order valence-electron chi connectivity index (χ0n) is 9.92. The largest absolute Gasteiger partial charge is 0.332 e. The van der Waals surface area contributed by atoms with Crippen molar-refractivity contribution in [1.82, 2.24) is 9.55 Å². The number of fused-ring (bicyclic) bond motifs is 1. The first kappa shape index (κ1) is 10.7. The summed E-state index contributed by atoms with van der Waals surface area (Å²) in [6, 6.07) is 0. The van der Waals surface area contributed by atoms with Crippen LogP contribution in [0.1, 0.15) is 36.5 Å². The number of hydrogen-bond donors (Lipinski definition) is 0. The number of aromatic nitrogens is 2. The summed E-state index contributed by atoms with van der Waals surface area (Å²) in [5.41, 5.74) is 4.17. The van der Waals surface area contributed by atoms with Gasteiger partial charge in [-0.2, -0.15) is 0 Å². The fourth-order valence-electron chi connectivity index (χ4n) is 2.22. The average Bonchev–Trinajstić information content (AvgIpc) is 2.67. The first-order valence-electron chi connectivity index (χ1n) is 5.62. The van der Waals surface area contributed by atoms with Gasteiger partial charge in [0.15, 0.2) is 5.65 Å². The minimum absolute atomic E-state index is 1.12. The highest BCUT2D eigenvalue weighted by Crippen LogP contribution is 2.31. The van der Waals surface area contributed by atoms with E-state index in [0.29, 0.717) is 0 Å². The van der Waals surface area contributed by atoms with Gasteiger partial charge < -0.3 is 4.57 Å². The van der Waals surface area contributed by atoms with Crippen molar-refractivity contribution in [2.45, 2.75) is 40.0 Å². The van der Waals surface area contributed by atoms with Gasteiger partial charge in [-0.3, -0.25) is 0 Å². The zero-order chi connectivity index (χ0) is 11.0. The van der Waals surface area contributed by atoms with Crippen molar-refractivity contribution in [3.8, 4) is 0 Å². The lowest BCUT2D eigenvalue weighted by Gasteiger charge is -2.04. The molecule has 0 bridgehead atoms. The van der Waals surface area contributed by atoms with Gasteiger partial charge in [0.25, 0.3) is 0 Å². The van der Waals surface area contributed by atoms with Crippen LogP contribution in [0.4, 0.5) is 0 Å². The smallest absolute Gasteiger partial charge is 0.151 e. The summed E-state index contributed by atoms with van der Waals surface area (Å²) in [6.07, 6.45) is 3.49. The van der Waals surface area contributed by atoms with Crippen molar-refractivity contribution in [3.05, 3.63) is 16.3 Å². The van der Waals surface area contributed by atoms with E-state index in [1.807, 2.05) is 11.3 Å². The van der Waals surface area contributed by atoms with E-state index in [2.05, 4.69) is 37.4 Å². The van der Waals surface area contributed by atoms with Gasteiger partial charge in [0.1, 0.15) is 0 Å². The van der Waals surface area contributed by atoms with E-state index in [1.54, 1.807) is 0 Å². The van der Waals surface area contributed by atoms with E-state index >= 15 is 0 Å². The van der Waals surface area contributed by atoms with Gasteiger partial charge in [-0.25, -0.2) is 4.98 Å². The first-order chi connectivity index (χ1) is 7.19. The van der Waals surface area contributed by atoms with Crippen LogP contribution < -0.4 is 0 Å². The molecule has 0 fully saturated rings. The third-order valence-corrected chi connectivity index (χ3v) is 3.92. The molecule has 2 aromatic heterocycles. The summed E-state index contributed by atoms with van der Waals surface area (Å²) < 4.78 is 3.68. The van der Waals surface area contributed by atoms with Crippen molar-refractivity contribution < 1.29 is 0 Å². The third kappa shape index (κ3) is 1.59. The Labute approximate surface area is 94.9 Å². The summed E-state index contributed by atoms with van der Waals surface area (Å²) >= 11 is 1.83. The van der Waals surface area contributed by atoms with Crippen LogP contribution in [0.15, 0.2) is 0 Å². The highest BCUT2D eigenvalue weighted by atomic mass is 32.1. The Morgan fingerprint density at radius 2 is 2.07 bits per heavy atom. The summed E-state index contributed by atoms with van der Waals surface area (Å²) in [7, 11) is 2.14. The van der Waals surface area contributed by atoms with Gasteiger partial charge in [-0.15, -0.1) is 11.3 Å². The number of hydrogen-bond acceptors (Lipinski definition) is 2. The predicted octanol–water partition coefficient (Wildman–Crippen LogP) is 3.46. The van der Waals surface area contributed by atoms with Gasteiger partial charge in [0, 0.05) is 12.7 Å². The molecule has 0 unspecified atom stereocenters. The van der Waals surface area contributed by atoms with Gasteiger partial charge in [-0.1, -0.05) is 20.3 Å². The van der Waals surface area contributed by atoms with Gasteiger partial charge in [0.05, 0.1) is 9.71 Å². The second-order valence-electron chi connectivity index (χ2n) is 3.97. The molecule has 2 heterocycles. The van der Waals surface area contributed by atoms with Crippen LogP contribution in [0.25, 0.3) is 10.3 Å². The monoisotopic (exact) mass is 222 g/mol. The SMILES string of the molecule is CCCc1c(CC)c2sc(C)nc2n1C. The first-order valence-corrected chi connectivity index (χ1v) is 6.44. The van der Waals surface area contributed by atoms with E-state index in [9.17, 15) is 0 Å². The van der Waals surface area contributed by atoms with Crippen LogP contribution in [0.2, 0.25) is 0 Å². The second kappa shape index (κ2) is 3.97. The molecule has 0 N–H and O–H groups in total. The van der Waals surface area contributed by atoms with Crippen LogP contribution in [0.5, 0.6) is 0 Å². The number of nitrogens with zero attached hydrogens (tertiary/aromatic N) is 2. The van der Waals surface area contributed by atoms with Crippen molar-refractivity contribution in [2.24, 2.45) is 7.05 Å². The molecule has 0 aromatic carbocycles. The molecule has 0 aliphatic rings. The maximum absolute atomic E-state index is 4.61. The molecule has 0 aliphatic carbocycles. The van der Waals surface area contributed by atoms with E-state index in [4.69, 9.17) is 0 Å². The topological polar surface area (TPSA) is 17.8 Å². The van der Waals surface area contributed by atoms with Gasteiger partial charge in [0.2, 0.25) is 0 Å². The number of thiazole rings is 1. The molecule has 0 radical (unpaired) electrons. The Balaban J connectivity index is 2.69. The Kier molecular flexibility index (Phi) is 2.83. The molecular formula is C12H18N2S. The lowest BCUT2D eigenvalue weighted by Crippen LogP contribution is -1.99. The zero-order valence-corrected chi connectivity index (χ0v) is 10.7. The average molecular weight is 222 g/mol. The Morgan fingerprint density at radius 1 is 1.33 bits per heavy atom. The van der Waals surface area contributed by atoms with E-state index in [1.165, 1.54) is 39.5 Å². The molecule has 0 spiro atoms. The molecule has 0 saturated heterocycles. The molecule has 3 heteroatoms. The van der Waals surface area contributed by atoms with Crippen LogP contribution in [-0.4, -0.2) is 9.55 Å². The molecule has 0 atom stereocenters. The molecule has 2 aromatic rings. The Hall–Kier alpha value is -0.830. The normalized spacial score (nSPS) is 11.5. The standard InChI is InChI=1S/C12H18N2S/c1-5-7-10-9(6-2)11-12(14(10)4)13-8(3)15-11/h5-7H2,1-4H3. The highest BCUT2D eigenvalue weighted by Gasteiger charge is 2.16. The lowest BCUT2D eigenvalue weighted by molar-refractivity contribution is 0.784. The molecule has 0 saturated carbocycles.